The van der Waals surface area contributed by atoms with Crippen LogP contribution in [-0.4, -0.2) is 4.98 Å². The van der Waals surface area contributed by atoms with Crippen LogP contribution >= 0.6 is 0 Å². The molecule has 1 heteroatoms. The van der Waals surface area contributed by atoms with Gasteiger partial charge in [0.2, 0.25) is 0 Å². The molecule has 1 aromatic rings. The molecule has 0 aliphatic carbocycles. The molecular weight excluding hydrogens is 206 g/mol. The molecule has 2 heterocycles. The van der Waals surface area contributed by atoms with Gasteiger partial charge in [0.25, 0.3) is 0 Å². The molecule has 1 aliphatic heterocycles. The van der Waals surface area contributed by atoms with Gasteiger partial charge in [0.05, 0.1) is 0 Å². The lowest BCUT2D eigenvalue weighted by Crippen LogP contribution is -2.02. The number of rotatable bonds is 0. The Hall–Kier alpha value is -1.11. The molecule has 1 nitrogen and oxygen atoms in total. The molecular formula is C16H23N. The summed E-state index contributed by atoms with van der Waals surface area (Å²) in [5, 5.41) is 0. The third-order valence-corrected chi connectivity index (χ3v) is 3.43. The van der Waals surface area contributed by atoms with Crippen LogP contribution in [0, 0.1) is 5.92 Å². The van der Waals surface area contributed by atoms with E-state index >= 15 is 0 Å². The number of hydrogen-bond donors (Lipinski definition) is 0. The van der Waals surface area contributed by atoms with E-state index in [-0.39, 0.29) is 0 Å². The highest BCUT2D eigenvalue weighted by molar-refractivity contribution is 5.12. The molecule has 2 bridgehead atoms. The van der Waals surface area contributed by atoms with E-state index in [1.54, 1.807) is 0 Å². The molecule has 0 saturated heterocycles. The Morgan fingerprint density at radius 3 is 2.88 bits per heavy atom. The summed E-state index contributed by atoms with van der Waals surface area (Å²) in [5.41, 5.74) is 2.55. The molecule has 17 heavy (non-hydrogen) atoms. The van der Waals surface area contributed by atoms with E-state index in [1.165, 1.54) is 43.5 Å². The average molecular weight is 229 g/mol. The number of aromatic nitrogens is 1. The van der Waals surface area contributed by atoms with Gasteiger partial charge >= 0.3 is 0 Å². The van der Waals surface area contributed by atoms with Gasteiger partial charge in [0, 0.05) is 11.4 Å². The first-order valence-electron chi connectivity index (χ1n) is 6.94. The molecule has 0 spiro atoms. The monoisotopic (exact) mass is 229 g/mol. The zero-order valence-corrected chi connectivity index (χ0v) is 10.9. The van der Waals surface area contributed by atoms with Crippen LogP contribution in [0.15, 0.2) is 30.4 Å². The molecule has 1 aliphatic rings. The number of nitrogens with zero attached hydrogens (tertiary/aromatic N) is 1. The maximum absolute atomic E-state index is 4.76. The van der Waals surface area contributed by atoms with Crippen LogP contribution in [-0.2, 0) is 12.8 Å². The van der Waals surface area contributed by atoms with Crippen molar-refractivity contribution < 1.29 is 0 Å². The van der Waals surface area contributed by atoms with Crippen molar-refractivity contribution in [3.05, 3.63) is 41.7 Å². The van der Waals surface area contributed by atoms with E-state index in [9.17, 15) is 0 Å². The fraction of sp³-hybridized carbons (Fsp3) is 0.562. The smallest absolute Gasteiger partial charge is 0.0409 e. The van der Waals surface area contributed by atoms with Crippen molar-refractivity contribution in [1.29, 1.82) is 0 Å². The van der Waals surface area contributed by atoms with Crippen LogP contribution in [0.3, 0.4) is 0 Å². The van der Waals surface area contributed by atoms with E-state index in [2.05, 4.69) is 37.3 Å². The number of pyridine rings is 1. The Balaban J connectivity index is 2.07. The van der Waals surface area contributed by atoms with Crippen LogP contribution in [0.5, 0.6) is 0 Å². The van der Waals surface area contributed by atoms with Gasteiger partial charge in [-0.1, -0.05) is 31.6 Å². The van der Waals surface area contributed by atoms with Crippen molar-refractivity contribution in [3.63, 3.8) is 0 Å². The van der Waals surface area contributed by atoms with Gasteiger partial charge in [-0.3, -0.25) is 4.98 Å². The van der Waals surface area contributed by atoms with Gasteiger partial charge in [-0.2, -0.15) is 0 Å². The molecule has 0 fully saturated rings. The summed E-state index contributed by atoms with van der Waals surface area (Å²) in [6.45, 7) is 2.32. The summed E-state index contributed by atoms with van der Waals surface area (Å²) in [4.78, 5) is 4.76. The van der Waals surface area contributed by atoms with Crippen LogP contribution in [0.25, 0.3) is 0 Å². The molecule has 1 atom stereocenters. The number of hydrogen-bond acceptors (Lipinski definition) is 1. The molecule has 0 saturated carbocycles. The number of fused-ring (bicyclic) bond motifs is 2. The van der Waals surface area contributed by atoms with Crippen molar-refractivity contribution in [3.8, 4) is 0 Å². The molecule has 92 valence electrons. The summed E-state index contributed by atoms with van der Waals surface area (Å²) in [7, 11) is 0. The fourth-order valence-electron chi connectivity index (χ4n) is 2.41. The molecule has 0 radical (unpaired) electrons. The summed E-state index contributed by atoms with van der Waals surface area (Å²) in [6, 6.07) is 6.51. The highest BCUT2D eigenvalue weighted by Crippen LogP contribution is 2.14. The molecule has 2 rings (SSSR count). The second-order valence-corrected chi connectivity index (χ2v) is 5.24. The predicted molar refractivity (Wildman–Crippen MR) is 73.0 cm³/mol. The van der Waals surface area contributed by atoms with Gasteiger partial charge in [-0.05, 0) is 56.6 Å². The lowest BCUT2D eigenvalue weighted by Gasteiger charge is -2.09. The van der Waals surface area contributed by atoms with E-state index in [0.29, 0.717) is 5.92 Å². The topological polar surface area (TPSA) is 12.9 Å². The van der Waals surface area contributed by atoms with Crippen molar-refractivity contribution in [2.24, 2.45) is 5.92 Å². The summed E-state index contributed by atoms with van der Waals surface area (Å²) in [6.07, 6.45) is 13.3. The Labute approximate surface area is 105 Å². The predicted octanol–water partition coefficient (Wildman–Crippen LogP) is 4.32. The molecule has 1 unspecified atom stereocenters. The quantitative estimate of drug-likeness (QED) is 0.604. The fourth-order valence-corrected chi connectivity index (χ4v) is 2.41. The van der Waals surface area contributed by atoms with E-state index in [0.717, 1.165) is 12.8 Å². The minimum atomic E-state index is 0.703. The van der Waals surface area contributed by atoms with Crippen molar-refractivity contribution in [2.45, 2.75) is 51.9 Å². The second-order valence-electron chi connectivity index (χ2n) is 5.24. The van der Waals surface area contributed by atoms with E-state index in [4.69, 9.17) is 4.98 Å². The zero-order valence-electron chi connectivity index (χ0n) is 10.9. The summed E-state index contributed by atoms with van der Waals surface area (Å²) in [5.74, 6) is 0.703. The van der Waals surface area contributed by atoms with Gasteiger partial charge in [-0.15, -0.1) is 0 Å². The molecule has 1 aromatic heterocycles. The van der Waals surface area contributed by atoms with Crippen LogP contribution in [0.4, 0.5) is 0 Å². The van der Waals surface area contributed by atoms with Gasteiger partial charge in [0.1, 0.15) is 0 Å². The first-order valence-corrected chi connectivity index (χ1v) is 6.94. The first-order chi connectivity index (χ1) is 8.34. The number of allylic oxidation sites excluding steroid dienone is 2. The lowest BCUT2D eigenvalue weighted by atomic mass is 10.0. The highest BCUT2D eigenvalue weighted by Gasteiger charge is 2.05. The SMILES string of the molecule is CC1C/C=C\CCCCCc2cccc(n2)C1. The van der Waals surface area contributed by atoms with Crippen LogP contribution in [0.2, 0.25) is 0 Å². The van der Waals surface area contributed by atoms with Crippen molar-refractivity contribution in [1.82, 2.24) is 4.98 Å². The standard InChI is InChI=1S/C16H23N/c1-14-9-6-4-2-3-5-7-10-15-11-8-12-16(13-14)17-15/h4,6,8,11-12,14H,2-3,5,7,9-10,13H2,1H3/b6-4-. The third kappa shape index (κ3) is 4.33. The van der Waals surface area contributed by atoms with Crippen molar-refractivity contribution >= 4 is 0 Å². The maximum atomic E-state index is 4.76. The minimum Gasteiger partial charge on any atom is -0.258 e. The largest absolute Gasteiger partial charge is 0.258 e. The zero-order chi connectivity index (χ0) is 11.9. The van der Waals surface area contributed by atoms with Gasteiger partial charge in [-0.25, -0.2) is 0 Å². The Morgan fingerprint density at radius 2 is 1.94 bits per heavy atom. The summed E-state index contributed by atoms with van der Waals surface area (Å²) < 4.78 is 0. The third-order valence-electron chi connectivity index (χ3n) is 3.43. The molecule has 0 aromatic carbocycles. The average Bonchev–Trinajstić information content (AvgIpc) is 2.33. The second kappa shape index (κ2) is 6.58. The molecule has 0 N–H and O–H groups in total. The lowest BCUT2D eigenvalue weighted by molar-refractivity contribution is 0.579. The maximum Gasteiger partial charge on any atom is 0.0409 e. The van der Waals surface area contributed by atoms with Crippen molar-refractivity contribution in [2.75, 3.05) is 0 Å². The van der Waals surface area contributed by atoms with Gasteiger partial charge < -0.3 is 0 Å². The Kier molecular flexibility index (Phi) is 4.78. The highest BCUT2D eigenvalue weighted by atomic mass is 14.7. The van der Waals surface area contributed by atoms with Crippen LogP contribution in [0.1, 0.15) is 50.4 Å². The van der Waals surface area contributed by atoms with Crippen LogP contribution < -0.4 is 0 Å². The Morgan fingerprint density at radius 1 is 1.06 bits per heavy atom. The normalized spacial score (nSPS) is 24.2. The summed E-state index contributed by atoms with van der Waals surface area (Å²) >= 11 is 0. The molecule has 0 amide bonds. The van der Waals surface area contributed by atoms with E-state index in [1.807, 2.05) is 0 Å². The van der Waals surface area contributed by atoms with E-state index < -0.39 is 0 Å². The van der Waals surface area contributed by atoms with Gasteiger partial charge in [0.15, 0.2) is 0 Å². The first kappa shape index (κ1) is 12.3. The number of aryl methyl sites for hydroxylation is 1. The minimum absolute atomic E-state index is 0.703. The Bertz CT molecular complexity index is 368.